The van der Waals surface area contributed by atoms with Crippen molar-refractivity contribution in [2.75, 3.05) is 0 Å². The summed E-state index contributed by atoms with van der Waals surface area (Å²) in [5.41, 5.74) is 2.25. The quantitative estimate of drug-likeness (QED) is 0.663. The van der Waals surface area contributed by atoms with E-state index in [2.05, 4.69) is 13.0 Å². The molecular formula is C12H24O. The van der Waals surface area contributed by atoms with Gasteiger partial charge < -0.3 is 5.11 Å². The molecule has 0 fully saturated rings. The number of hydrogen-bond donors (Lipinski definition) is 1. The van der Waals surface area contributed by atoms with E-state index in [0.29, 0.717) is 0 Å². The normalized spacial score (nSPS) is 12.7. The molecule has 0 aromatic rings. The molecule has 0 aliphatic heterocycles. The minimum atomic E-state index is -0.343. The fourth-order valence-corrected chi connectivity index (χ4v) is 0.919. The van der Waals surface area contributed by atoms with E-state index in [1.165, 1.54) is 5.57 Å². The highest BCUT2D eigenvalue weighted by molar-refractivity contribution is 5.24. The molecule has 1 unspecified atom stereocenters. The minimum absolute atomic E-state index is 0.343. The second-order valence-corrected chi connectivity index (χ2v) is 3.01. The highest BCUT2D eigenvalue weighted by atomic mass is 16.3. The Morgan fingerprint density at radius 2 is 1.77 bits per heavy atom. The standard InChI is InChI=1S/C10H18O.C2H6/c1-5-6-10(9(4)11)7-8(2)3;1-2/h6-7,9,11H,5H2,1-4H3;1-2H3/b10-6+;. The lowest BCUT2D eigenvalue weighted by atomic mass is 10.1. The van der Waals surface area contributed by atoms with Crippen molar-refractivity contribution in [3.8, 4) is 0 Å². The van der Waals surface area contributed by atoms with Gasteiger partial charge in [-0.15, -0.1) is 0 Å². The maximum absolute atomic E-state index is 9.28. The summed E-state index contributed by atoms with van der Waals surface area (Å²) in [5.74, 6) is 0. The van der Waals surface area contributed by atoms with Crippen LogP contribution in [0.4, 0.5) is 0 Å². The Balaban J connectivity index is 0. The van der Waals surface area contributed by atoms with Crippen LogP contribution in [0.5, 0.6) is 0 Å². The fraction of sp³-hybridized carbons (Fsp3) is 0.667. The predicted octanol–water partition coefficient (Wildman–Crippen LogP) is 3.70. The summed E-state index contributed by atoms with van der Waals surface area (Å²) < 4.78 is 0. The molecule has 0 amide bonds. The van der Waals surface area contributed by atoms with Crippen molar-refractivity contribution in [2.24, 2.45) is 0 Å². The first kappa shape index (κ1) is 14.9. The zero-order valence-corrected chi connectivity index (χ0v) is 9.89. The van der Waals surface area contributed by atoms with E-state index < -0.39 is 0 Å². The fourth-order valence-electron chi connectivity index (χ4n) is 0.919. The summed E-state index contributed by atoms with van der Waals surface area (Å²) >= 11 is 0. The van der Waals surface area contributed by atoms with Crippen LogP contribution in [0.15, 0.2) is 23.3 Å². The summed E-state index contributed by atoms with van der Waals surface area (Å²) in [4.78, 5) is 0. The van der Waals surface area contributed by atoms with Crippen LogP contribution in [-0.4, -0.2) is 11.2 Å². The molecule has 1 atom stereocenters. The van der Waals surface area contributed by atoms with Crippen molar-refractivity contribution in [3.63, 3.8) is 0 Å². The lowest BCUT2D eigenvalue weighted by molar-refractivity contribution is 0.235. The molecule has 0 aromatic heterocycles. The molecule has 13 heavy (non-hydrogen) atoms. The predicted molar refractivity (Wildman–Crippen MR) is 60.8 cm³/mol. The lowest BCUT2D eigenvalue weighted by Gasteiger charge is -2.05. The molecule has 1 nitrogen and oxygen atoms in total. The molecule has 0 bridgehead atoms. The molecule has 0 aliphatic carbocycles. The average Bonchev–Trinajstić information content (AvgIpc) is 2.06. The Morgan fingerprint density at radius 3 is 2.00 bits per heavy atom. The average molecular weight is 184 g/mol. The lowest BCUT2D eigenvalue weighted by Crippen LogP contribution is -2.02. The molecule has 0 spiro atoms. The maximum atomic E-state index is 9.28. The molecule has 0 saturated carbocycles. The third kappa shape index (κ3) is 9.35. The number of rotatable bonds is 3. The summed E-state index contributed by atoms with van der Waals surface area (Å²) in [6.07, 6.45) is 4.71. The van der Waals surface area contributed by atoms with Crippen molar-refractivity contribution in [2.45, 2.75) is 54.1 Å². The highest BCUT2D eigenvalue weighted by Gasteiger charge is 1.99. The Labute approximate surface area is 83.2 Å². The molecule has 0 aliphatic rings. The van der Waals surface area contributed by atoms with Gasteiger partial charge in [-0.1, -0.05) is 38.5 Å². The Bertz CT molecular complexity index is 160. The maximum Gasteiger partial charge on any atom is 0.0758 e. The summed E-state index contributed by atoms with van der Waals surface area (Å²) in [6.45, 7) is 11.9. The van der Waals surface area contributed by atoms with Crippen LogP contribution in [-0.2, 0) is 0 Å². The third-order valence-electron chi connectivity index (χ3n) is 1.38. The van der Waals surface area contributed by atoms with Crippen molar-refractivity contribution < 1.29 is 5.11 Å². The van der Waals surface area contributed by atoms with E-state index in [4.69, 9.17) is 0 Å². The third-order valence-corrected chi connectivity index (χ3v) is 1.38. The number of allylic oxidation sites excluding steroid dienone is 2. The summed E-state index contributed by atoms with van der Waals surface area (Å²) in [5, 5.41) is 9.28. The van der Waals surface area contributed by atoms with E-state index >= 15 is 0 Å². The first-order chi connectivity index (χ1) is 6.07. The molecule has 0 heterocycles. The molecule has 0 saturated heterocycles. The van der Waals surface area contributed by atoms with Crippen molar-refractivity contribution in [1.29, 1.82) is 0 Å². The van der Waals surface area contributed by atoms with Crippen molar-refractivity contribution >= 4 is 0 Å². The van der Waals surface area contributed by atoms with Crippen molar-refractivity contribution in [3.05, 3.63) is 23.3 Å². The van der Waals surface area contributed by atoms with Gasteiger partial charge in [0.25, 0.3) is 0 Å². The van der Waals surface area contributed by atoms with Crippen LogP contribution in [0.3, 0.4) is 0 Å². The number of hydrogen-bond acceptors (Lipinski definition) is 1. The largest absolute Gasteiger partial charge is 0.389 e. The first-order valence-corrected chi connectivity index (χ1v) is 5.11. The van der Waals surface area contributed by atoms with E-state index in [0.717, 1.165) is 12.0 Å². The van der Waals surface area contributed by atoms with E-state index in [1.807, 2.05) is 33.8 Å². The van der Waals surface area contributed by atoms with Gasteiger partial charge in [-0.05, 0) is 32.8 Å². The first-order valence-electron chi connectivity index (χ1n) is 5.11. The van der Waals surface area contributed by atoms with Crippen molar-refractivity contribution in [1.82, 2.24) is 0 Å². The second kappa shape index (κ2) is 9.53. The van der Waals surface area contributed by atoms with Crippen LogP contribution in [0.1, 0.15) is 48.0 Å². The number of aliphatic hydroxyl groups is 1. The van der Waals surface area contributed by atoms with Gasteiger partial charge in [-0.25, -0.2) is 0 Å². The second-order valence-electron chi connectivity index (χ2n) is 3.01. The Kier molecular flexibility index (Phi) is 10.9. The molecule has 78 valence electrons. The minimum Gasteiger partial charge on any atom is -0.389 e. The molecule has 1 N–H and O–H groups in total. The van der Waals surface area contributed by atoms with Crippen LogP contribution < -0.4 is 0 Å². The molecule has 1 heteroatoms. The smallest absolute Gasteiger partial charge is 0.0758 e. The van der Waals surface area contributed by atoms with Crippen LogP contribution in [0.25, 0.3) is 0 Å². The topological polar surface area (TPSA) is 20.2 Å². The summed E-state index contributed by atoms with van der Waals surface area (Å²) in [7, 11) is 0. The molecule has 0 radical (unpaired) electrons. The van der Waals surface area contributed by atoms with Gasteiger partial charge in [0.1, 0.15) is 0 Å². The molecular weight excluding hydrogens is 160 g/mol. The molecule has 0 rings (SSSR count). The Morgan fingerprint density at radius 1 is 1.31 bits per heavy atom. The van der Waals surface area contributed by atoms with Gasteiger partial charge in [0.05, 0.1) is 6.10 Å². The summed E-state index contributed by atoms with van der Waals surface area (Å²) in [6, 6.07) is 0. The monoisotopic (exact) mass is 184 g/mol. The highest BCUT2D eigenvalue weighted by Crippen LogP contribution is 2.07. The van der Waals surface area contributed by atoms with Crippen LogP contribution in [0, 0.1) is 0 Å². The Hall–Kier alpha value is -0.560. The zero-order chi connectivity index (χ0) is 10.9. The van der Waals surface area contributed by atoms with E-state index in [-0.39, 0.29) is 6.10 Å². The van der Waals surface area contributed by atoms with Gasteiger partial charge in [0, 0.05) is 0 Å². The van der Waals surface area contributed by atoms with Gasteiger partial charge in [-0.2, -0.15) is 0 Å². The van der Waals surface area contributed by atoms with Crippen LogP contribution in [0.2, 0.25) is 0 Å². The zero-order valence-electron chi connectivity index (χ0n) is 9.89. The van der Waals surface area contributed by atoms with Gasteiger partial charge >= 0.3 is 0 Å². The molecule has 0 aromatic carbocycles. The van der Waals surface area contributed by atoms with Crippen LogP contribution >= 0.6 is 0 Å². The number of aliphatic hydroxyl groups excluding tert-OH is 1. The van der Waals surface area contributed by atoms with Gasteiger partial charge in [0.15, 0.2) is 0 Å². The van der Waals surface area contributed by atoms with Gasteiger partial charge in [-0.3, -0.25) is 0 Å². The van der Waals surface area contributed by atoms with E-state index in [1.54, 1.807) is 6.92 Å². The SMILES string of the molecule is CC.CC/C=C(\C=C(C)C)C(C)O. The van der Waals surface area contributed by atoms with E-state index in [9.17, 15) is 5.11 Å². The van der Waals surface area contributed by atoms with Gasteiger partial charge in [0.2, 0.25) is 0 Å².